The van der Waals surface area contributed by atoms with E-state index in [9.17, 15) is 9.59 Å². The van der Waals surface area contributed by atoms with Crippen molar-refractivity contribution in [3.8, 4) is 5.75 Å². The number of methoxy groups -OCH3 is 1. The van der Waals surface area contributed by atoms with E-state index in [1.54, 1.807) is 14.0 Å². The number of benzene rings is 2. The van der Waals surface area contributed by atoms with Crippen LogP contribution in [0, 0.1) is 5.92 Å². The Kier molecular flexibility index (Phi) is 6.38. The van der Waals surface area contributed by atoms with Gasteiger partial charge in [-0.15, -0.1) is 0 Å². The van der Waals surface area contributed by atoms with E-state index in [2.05, 4.69) is 11.4 Å². The molecule has 0 fully saturated rings. The Morgan fingerprint density at radius 2 is 1.84 bits per heavy atom. The minimum absolute atomic E-state index is 0.0613. The molecule has 2 aromatic carbocycles. The zero-order chi connectivity index (χ0) is 22.8. The fourth-order valence-corrected chi connectivity index (χ4v) is 4.86. The maximum Gasteiger partial charge on any atom is 0.336 e. The van der Waals surface area contributed by atoms with Crippen molar-refractivity contribution in [1.29, 1.82) is 0 Å². The minimum Gasteiger partial charge on any atom is -0.496 e. The van der Waals surface area contributed by atoms with E-state index in [1.165, 1.54) is 0 Å². The van der Waals surface area contributed by atoms with E-state index in [-0.39, 0.29) is 18.3 Å². The molecule has 1 aliphatic heterocycles. The fraction of sp³-hybridized carbons (Fsp3) is 0.308. The lowest BCUT2D eigenvalue weighted by Crippen LogP contribution is -2.42. The van der Waals surface area contributed by atoms with Gasteiger partial charge in [0.15, 0.2) is 0 Å². The van der Waals surface area contributed by atoms with E-state index in [0.717, 1.165) is 16.8 Å². The highest BCUT2D eigenvalue weighted by molar-refractivity contribution is 6.30. The number of Topliss-reactive ketones (excluding diaryl/α,β-unsaturated/α-hetero) is 1. The number of ketones is 1. The van der Waals surface area contributed by atoms with Gasteiger partial charge in [-0.05, 0) is 37.6 Å². The Hall–Kier alpha value is -3.05. The number of carbonyl (C=O) groups excluding carboxylic acids is 2. The van der Waals surface area contributed by atoms with E-state index in [1.807, 2.05) is 55.5 Å². The molecule has 3 unspecified atom stereocenters. The zero-order valence-corrected chi connectivity index (χ0v) is 19.1. The Labute approximate surface area is 193 Å². The normalized spacial score (nSPS) is 22.6. The molecule has 3 atom stereocenters. The fourth-order valence-electron chi connectivity index (χ4n) is 4.74. The largest absolute Gasteiger partial charge is 0.496 e. The van der Waals surface area contributed by atoms with Gasteiger partial charge in [0.25, 0.3) is 0 Å². The SMILES string of the molecule is CCOC(=O)C1=C(C)NC2=CC(c3ccc(Cl)cc3)CC(=O)C2C1c1ccccc1OC. The van der Waals surface area contributed by atoms with Gasteiger partial charge in [-0.2, -0.15) is 0 Å². The predicted octanol–water partition coefficient (Wildman–Crippen LogP) is 5.13. The van der Waals surface area contributed by atoms with Crippen molar-refractivity contribution in [3.63, 3.8) is 0 Å². The summed E-state index contributed by atoms with van der Waals surface area (Å²) in [4.78, 5) is 26.6. The molecular formula is C26H26ClNO4. The van der Waals surface area contributed by atoms with Crippen molar-refractivity contribution >= 4 is 23.4 Å². The standard InChI is InChI=1S/C26H26ClNO4/c1-4-32-26(30)23-15(2)28-20-13-17(16-9-11-18(27)12-10-16)14-21(29)25(20)24(23)19-7-5-6-8-22(19)31-3/h5-13,17,24-25,28H,4,14H2,1-3H3. The molecule has 32 heavy (non-hydrogen) atoms. The van der Waals surface area contributed by atoms with Crippen LogP contribution in [0.5, 0.6) is 5.75 Å². The lowest BCUT2D eigenvalue weighted by molar-refractivity contribution is -0.139. The first-order valence-corrected chi connectivity index (χ1v) is 11.1. The molecule has 0 aromatic heterocycles. The van der Waals surface area contributed by atoms with Crippen LogP contribution in [0.4, 0.5) is 0 Å². The molecule has 1 heterocycles. The van der Waals surface area contributed by atoms with Gasteiger partial charge in [0.2, 0.25) is 0 Å². The van der Waals surface area contributed by atoms with Crippen LogP contribution in [0.1, 0.15) is 43.2 Å². The second-order valence-electron chi connectivity index (χ2n) is 8.03. The summed E-state index contributed by atoms with van der Waals surface area (Å²) in [7, 11) is 1.59. The van der Waals surface area contributed by atoms with Crippen molar-refractivity contribution in [2.75, 3.05) is 13.7 Å². The van der Waals surface area contributed by atoms with Crippen molar-refractivity contribution in [2.24, 2.45) is 5.92 Å². The average molecular weight is 452 g/mol. The molecule has 1 aliphatic carbocycles. The zero-order valence-electron chi connectivity index (χ0n) is 18.4. The Morgan fingerprint density at radius 1 is 1.12 bits per heavy atom. The van der Waals surface area contributed by atoms with Crippen LogP contribution in [0.15, 0.2) is 71.6 Å². The summed E-state index contributed by atoms with van der Waals surface area (Å²) in [6, 6.07) is 15.1. The number of para-hydroxylation sites is 1. The van der Waals surface area contributed by atoms with E-state index >= 15 is 0 Å². The molecule has 0 saturated carbocycles. The predicted molar refractivity (Wildman–Crippen MR) is 124 cm³/mol. The maximum absolute atomic E-state index is 13.6. The summed E-state index contributed by atoms with van der Waals surface area (Å²) in [6.45, 7) is 3.88. The third kappa shape index (κ3) is 4.05. The van der Waals surface area contributed by atoms with Gasteiger partial charge >= 0.3 is 5.97 Å². The first kappa shape index (κ1) is 22.2. The van der Waals surface area contributed by atoms with Crippen molar-refractivity contribution < 1.29 is 19.1 Å². The Morgan fingerprint density at radius 3 is 2.53 bits per heavy atom. The highest BCUT2D eigenvalue weighted by atomic mass is 35.5. The molecule has 0 radical (unpaired) electrons. The lowest BCUT2D eigenvalue weighted by Gasteiger charge is -2.39. The monoisotopic (exact) mass is 451 g/mol. The number of halogens is 1. The van der Waals surface area contributed by atoms with Crippen molar-refractivity contribution in [1.82, 2.24) is 5.32 Å². The van der Waals surface area contributed by atoms with E-state index < -0.39 is 17.8 Å². The van der Waals surface area contributed by atoms with Crippen LogP contribution in [-0.4, -0.2) is 25.5 Å². The topological polar surface area (TPSA) is 64.6 Å². The lowest BCUT2D eigenvalue weighted by atomic mass is 9.68. The molecule has 2 aromatic rings. The number of allylic oxidation sites excluding steroid dienone is 3. The van der Waals surface area contributed by atoms with Crippen LogP contribution in [0.25, 0.3) is 0 Å². The van der Waals surface area contributed by atoms with Gasteiger partial charge in [-0.25, -0.2) is 4.79 Å². The molecule has 5 nitrogen and oxygen atoms in total. The third-order valence-electron chi connectivity index (χ3n) is 6.13. The van der Waals surface area contributed by atoms with Gasteiger partial charge in [0, 0.05) is 40.2 Å². The van der Waals surface area contributed by atoms with Crippen LogP contribution in [0.2, 0.25) is 5.02 Å². The average Bonchev–Trinajstić information content (AvgIpc) is 2.78. The molecule has 0 bridgehead atoms. The Bertz CT molecular complexity index is 1100. The van der Waals surface area contributed by atoms with E-state index in [4.69, 9.17) is 21.1 Å². The molecule has 6 heteroatoms. The van der Waals surface area contributed by atoms with Gasteiger partial charge in [0.05, 0.1) is 25.2 Å². The Balaban J connectivity index is 1.85. The number of hydrogen-bond donors (Lipinski definition) is 1. The summed E-state index contributed by atoms with van der Waals surface area (Å²) >= 11 is 6.04. The molecule has 2 aliphatic rings. The van der Waals surface area contributed by atoms with Gasteiger partial charge in [0.1, 0.15) is 11.5 Å². The summed E-state index contributed by atoms with van der Waals surface area (Å²) in [5, 5.41) is 4.00. The third-order valence-corrected chi connectivity index (χ3v) is 6.38. The highest BCUT2D eigenvalue weighted by Crippen LogP contribution is 2.48. The number of rotatable bonds is 5. The number of fused-ring (bicyclic) bond motifs is 1. The molecule has 0 amide bonds. The number of nitrogens with one attached hydrogen (secondary N) is 1. The molecule has 0 saturated heterocycles. The summed E-state index contributed by atoms with van der Waals surface area (Å²) in [6.07, 6.45) is 2.45. The van der Waals surface area contributed by atoms with Gasteiger partial charge in [-0.1, -0.05) is 48.0 Å². The van der Waals surface area contributed by atoms with Crippen molar-refractivity contribution in [3.05, 3.63) is 87.7 Å². The van der Waals surface area contributed by atoms with Crippen LogP contribution >= 0.6 is 11.6 Å². The second-order valence-corrected chi connectivity index (χ2v) is 8.47. The van der Waals surface area contributed by atoms with Crippen LogP contribution in [-0.2, 0) is 14.3 Å². The van der Waals surface area contributed by atoms with Gasteiger partial charge in [-0.3, -0.25) is 4.79 Å². The summed E-state index contributed by atoms with van der Waals surface area (Å²) < 4.78 is 11.0. The molecule has 4 rings (SSSR count). The quantitative estimate of drug-likeness (QED) is 0.638. The first-order valence-electron chi connectivity index (χ1n) is 10.7. The first-order chi connectivity index (χ1) is 15.4. The number of esters is 1. The number of hydrogen-bond acceptors (Lipinski definition) is 5. The van der Waals surface area contributed by atoms with Crippen LogP contribution in [0.3, 0.4) is 0 Å². The molecule has 1 N–H and O–H groups in total. The number of ether oxygens (including phenoxy) is 2. The summed E-state index contributed by atoms with van der Waals surface area (Å²) in [5.74, 6) is -0.774. The molecular weight excluding hydrogens is 426 g/mol. The second kappa shape index (κ2) is 9.21. The van der Waals surface area contributed by atoms with Gasteiger partial charge < -0.3 is 14.8 Å². The van der Waals surface area contributed by atoms with Crippen LogP contribution < -0.4 is 10.1 Å². The van der Waals surface area contributed by atoms with E-state index in [0.29, 0.717) is 28.5 Å². The highest BCUT2D eigenvalue weighted by Gasteiger charge is 2.45. The molecule has 0 spiro atoms. The number of carbonyl (C=O) groups is 2. The smallest absolute Gasteiger partial charge is 0.336 e. The van der Waals surface area contributed by atoms with Crippen molar-refractivity contribution in [2.45, 2.75) is 32.1 Å². The maximum atomic E-state index is 13.6. The molecule has 166 valence electrons. The summed E-state index contributed by atoms with van der Waals surface area (Å²) in [5.41, 5.74) is 3.79. The minimum atomic E-state index is -0.516.